The molecule has 0 aromatic heterocycles. The van der Waals surface area contributed by atoms with Crippen molar-refractivity contribution in [1.29, 1.82) is 0 Å². The Morgan fingerprint density at radius 3 is 1.42 bits per heavy atom. The third-order valence-corrected chi connectivity index (χ3v) is 6.81. The van der Waals surface area contributed by atoms with Crippen molar-refractivity contribution >= 4 is 23.8 Å². The first kappa shape index (κ1) is 28.1. The molecule has 3 aromatic carbocycles. The van der Waals surface area contributed by atoms with Gasteiger partial charge in [-0.3, -0.25) is 19.2 Å². The Balaban J connectivity index is 2.07. The van der Waals surface area contributed by atoms with E-state index in [0.29, 0.717) is 0 Å². The smallest absolute Gasteiger partial charge is 0.320 e. The normalized spacial score (nSPS) is 12.7. The lowest BCUT2D eigenvalue weighted by atomic mass is 9.67. The summed E-state index contributed by atoms with van der Waals surface area (Å²) in [5, 5.41) is 2.69. The van der Waals surface area contributed by atoms with E-state index in [9.17, 15) is 19.2 Å². The van der Waals surface area contributed by atoms with Gasteiger partial charge in [0.25, 0.3) is 0 Å². The van der Waals surface area contributed by atoms with Crippen LogP contribution in [0.1, 0.15) is 30.0 Å². The number of nitrogens with one attached hydrogen (secondary N) is 1. The van der Waals surface area contributed by atoms with Crippen LogP contribution in [0, 0.1) is 11.8 Å². The number of ether oxygens (including phenoxy) is 2. The summed E-state index contributed by atoms with van der Waals surface area (Å²) < 4.78 is 9.48. The van der Waals surface area contributed by atoms with Gasteiger partial charge in [0.05, 0.1) is 19.6 Å². The lowest BCUT2D eigenvalue weighted by Gasteiger charge is -2.36. The van der Waals surface area contributed by atoms with E-state index in [1.54, 1.807) is 0 Å². The molecule has 38 heavy (non-hydrogen) atoms. The zero-order valence-electron chi connectivity index (χ0n) is 21.6. The first-order valence-corrected chi connectivity index (χ1v) is 12.2. The fourth-order valence-corrected chi connectivity index (χ4v) is 4.87. The third-order valence-electron chi connectivity index (χ3n) is 6.81. The highest BCUT2D eigenvalue weighted by atomic mass is 16.5. The molecule has 0 spiro atoms. The molecule has 0 fully saturated rings. The van der Waals surface area contributed by atoms with Gasteiger partial charge in [0.2, 0.25) is 11.8 Å². The summed E-state index contributed by atoms with van der Waals surface area (Å²) in [5.41, 5.74) is 7.35. The number of primary amides is 1. The van der Waals surface area contributed by atoms with Crippen LogP contribution in [-0.4, -0.2) is 44.0 Å². The van der Waals surface area contributed by atoms with Crippen molar-refractivity contribution in [2.45, 2.75) is 24.8 Å². The molecule has 0 aliphatic carbocycles. The maximum absolute atomic E-state index is 13.7. The average Bonchev–Trinajstić information content (AvgIpc) is 2.95. The van der Waals surface area contributed by atoms with E-state index in [4.69, 9.17) is 15.2 Å². The van der Waals surface area contributed by atoms with Crippen LogP contribution in [0.3, 0.4) is 0 Å². The lowest BCUT2D eigenvalue weighted by Crippen LogP contribution is -2.53. The fourth-order valence-electron chi connectivity index (χ4n) is 4.87. The summed E-state index contributed by atoms with van der Waals surface area (Å²) in [6.07, 6.45) is -0.0807. The van der Waals surface area contributed by atoms with E-state index in [1.807, 2.05) is 91.0 Å². The number of carbonyl (C=O) groups excluding carboxylic acids is 4. The van der Waals surface area contributed by atoms with Crippen molar-refractivity contribution in [2.75, 3.05) is 14.2 Å². The van der Waals surface area contributed by atoms with Crippen LogP contribution in [0.5, 0.6) is 0 Å². The minimum atomic E-state index is -1.45. The van der Waals surface area contributed by atoms with E-state index in [-0.39, 0.29) is 6.42 Å². The van der Waals surface area contributed by atoms with E-state index in [0.717, 1.165) is 30.9 Å². The standard InChI is InChI=1S/C30H32N2O6/c1-20(25(28(35)37-2)29(36)38-3)26(27(31)34)32-24(33)19-30(21-13-7-4-8-14-21,22-15-9-5-10-16-22)23-17-11-6-12-18-23/h4-18,20,25-26H,19H2,1-3H3,(H2,31,34)(H,32,33)/t20-,26-/m0/s1. The molecule has 0 bridgehead atoms. The summed E-state index contributed by atoms with van der Waals surface area (Å²) >= 11 is 0. The van der Waals surface area contributed by atoms with Crippen LogP contribution in [0.25, 0.3) is 0 Å². The highest BCUT2D eigenvalue weighted by Gasteiger charge is 2.43. The van der Waals surface area contributed by atoms with Crippen LogP contribution < -0.4 is 11.1 Å². The highest BCUT2D eigenvalue weighted by molar-refractivity contribution is 5.97. The molecule has 0 aliphatic heterocycles. The molecule has 0 radical (unpaired) electrons. The number of nitrogens with two attached hydrogens (primary N) is 1. The van der Waals surface area contributed by atoms with Crippen molar-refractivity contribution in [3.8, 4) is 0 Å². The molecule has 3 N–H and O–H groups in total. The number of hydrogen-bond donors (Lipinski definition) is 2. The predicted molar refractivity (Wildman–Crippen MR) is 142 cm³/mol. The molecule has 0 heterocycles. The van der Waals surface area contributed by atoms with Crippen molar-refractivity contribution in [3.63, 3.8) is 0 Å². The number of esters is 2. The molecule has 3 rings (SSSR count). The van der Waals surface area contributed by atoms with E-state index in [2.05, 4.69) is 5.32 Å². The molecule has 2 atom stereocenters. The Kier molecular flexibility index (Phi) is 9.38. The minimum Gasteiger partial charge on any atom is -0.468 e. The molecular formula is C30H32N2O6. The van der Waals surface area contributed by atoms with Crippen LogP contribution in [0.15, 0.2) is 91.0 Å². The first-order valence-electron chi connectivity index (χ1n) is 12.2. The summed E-state index contributed by atoms with van der Waals surface area (Å²) in [6.45, 7) is 1.47. The number of methoxy groups -OCH3 is 2. The third kappa shape index (κ3) is 5.91. The first-order chi connectivity index (χ1) is 18.3. The Morgan fingerprint density at radius 1 is 0.737 bits per heavy atom. The maximum Gasteiger partial charge on any atom is 0.320 e. The molecule has 0 saturated carbocycles. The quantitative estimate of drug-likeness (QED) is 0.229. The van der Waals surface area contributed by atoms with E-state index < -0.39 is 47.0 Å². The molecular weight excluding hydrogens is 484 g/mol. The van der Waals surface area contributed by atoms with Gasteiger partial charge in [-0.25, -0.2) is 0 Å². The number of carbonyl (C=O) groups is 4. The minimum absolute atomic E-state index is 0.0807. The average molecular weight is 517 g/mol. The highest BCUT2D eigenvalue weighted by Crippen LogP contribution is 2.42. The lowest BCUT2D eigenvalue weighted by molar-refractivity contribution is -0.162. The Hall–Kier alpha value is -4.46. The van der Waals surface area contributed by atoms with Crippen molar-refractivity contribution in [3.05, 3.63) is 108 Å². The van der Waals surface area contributed by atoms with Gasteiger partial charge < -0.3 is 20.5 Å². The molecule has 8 nitrogen and oxygen atoms in total. The fraction of sp³-hybridized carbons (Fsp3) is 0.267. The van der Waals surface area contributed by atoms with Crippen molar-refractivity contribution < 1.29 is 28.7 Å². The Bertz CT molecular complexity index is 1130. The van der Waals surface area contributed by atoms with Gasteiger partial charge >= 0.3 is 11.9 Å². The SMILES string of the molecule is COC(=O)C(C(=O)OC)[C@H](C)[C@H](NC(=O)CC(c1ccccc1)(c1ccccc1)c1ccccc1)C(N)=O. The van der Waals surface area contributed by atoms with Gasteiger partial charge in [-0.15, -0.1) is 0 Å². The second kappa shape index (κ2) is 12.7. The van der Waals surface area contributed by atoms with Crippen LogP contribution in [0.4, 0.5) is 0 Å². The number of benzene rings is 3. The predicted octanol–water partition coefficient (Wildman–Crippen LogP) is 2.98. The van der Waals surface area contributed by atoms with Gasteiger partial charge in [0, 0.05) is 12.3 Å². The van der Waals surface area contributed by atoms with Crippen molar-refractivity contribution in [1.82, 2.24) is 5.32 Å². The molecule has 3 aromatic rings. The van der Waals surface area contributed by atoms with Gasteiger partial charge in [0.1, 0.15) is 6.04 Å². The zero-order chi connectivity index (χ0) is 27.7. The molecule has 0 aliphatic rings. The summed E-state index contributed by atoms with van der Waals surface area (Å²) in [5.74, 6) is -5.66. The monoisotopic (exact) mass is 516 g/mol. The summed E-state index contributed by atoms with van der Waals surface area (Å²) in [7, 11) is 2.24. The molecule has 0 unspecified atom stereocenters. The van der Waals surface area contributed by atoms with Gasteiger partial charge in [0.15, 0.2) is 5.92 Å². The zero-order valence-corrected chi connectivity index (χ0v) is 21.6. The van der Waals surface area contributed by atoms with Gasteiger partial charge in [-0.05, 0) is 16.7 Å². The van der Waals surface area contributed by atoms with Crippen LogP contribution in [0.2, 0.25) is 0 Å². The molecule has 198 valence electrons. The van der Waals surface area contributed by atoms with Crippen LogP contribution >= 0.6 is 0 Å². The van der Waals surface area contributed by atoms with E-state index in [1.165, 1.54) is 6.92 Å². The molecule has 8 heteroatoms. The second-order valence-corrected chi connectivity index (χ2v) is 9.01. The summed E-state index contributed by atoms with van der Waals surface area (Å²) in [6, 6.07) is 27.5. The largest absolute Gasteiger partial charge is 0.468 e. The second-order valence-electron chi connectivity index (χ2n) is 9.01. The Labute approximate surface area is 222 Å². The van der Waals surface area contributed by atoms with Gasteiger partial charge in [-0.1, -0.05) is 97.9 Å². The number of hydrogen-bond acceptors (Lipinski definition) is 6. The number of amides is 2. The Morgan fingerprint density at radius 2 is 1.11 bits per heavy atom. The molecule has 2 amide bonds. The van der Waals surface area contributed by atoms with E-state index >= 15 is 0 Å². The number of rotatable bonds is 11. The summed E-state index contributed by atoms with van der Waals surface area (Å²) in [4.78, 5) is 51.0. The topological polar surface area (TPSA) is 125 Å². The molecule has 0 saturated heterocycles. The van der Waals surface area contributed by atoms with Crippen LogP contribution in [-0.2, 0) is 34.1 Å². The maximum atomic E-state index is 13.7. The van der Waals surface area contributed by atoms with Crippen molar-refractivity contribution in [2.24, 2.45) is 17.6 Å². The van der Waals surface area contributed by atoms with Gasteiger partial charge in [-0.2, -0.15) is 0 Å².